The molecule has 0 spiro atoms. The maximum Gasteiger partial charge on any atom is 0.434 e. The van der Waals surface area contributed by atoms with Gasteiger partial charge in [0.25, 0.3) is 5.56 Å². The van der Waals surface area contributed by atoms with E-state index in [4.69, 9.17) is 25.8 Å². The van der Waals surface area contributed by atoms with Gasteiger partial charge in [-0.1, -0.05) is 35.1 Å². The summed E-state index contributed by atoms with van der Waals surface area (Å²) in [5.74, 6) is -0.306. The van der Waals surface area contributed by atoms with Crippen LogP contribution in [0.2, 0.25) is 5.02 Å². The predicted molar refractivity (Wildman–Crippen MR) is 132 cm³/mol. The Bertz CT molecular complexity index is 1560. The normalized spacial score (nSPS) is 15.8. The van der Waals surface area contributed by atoms with Crippen LogP contribution in [0.3, 0.4) is 0 Å². The van der Waals surface area contributed by atoms with Crippen LogP contribution in [0.25, 0.3) is 6.08 Å². The number of allylic oxidation sites excluding steroid dienone is 1. The Balaban J connectivity index is 2.04. The molecule has 4 rings (SSSR count). The second-order valence-electron chi connectivity index (χ2n) is 7.72. The van der Waals surface area contributed by atoms with Gasteiger partial charge in [-0.15, -0.1) is 0 Å². The van der Waals surface area contributed by atoms with Gasteiger partial charge in [0.15, 0.2) is 10.5 Å². The fourth-order valence-electron chi connectivity index (χ4n) is 3.88. The van der Waals surface area contributed by atoms with Gasteiger partial charge in [-0.2, -0.15) is 13.2 Å². The quantitative estimate of drug-likeness (QED) is 0.432. The van der Waals surface area contributed by atoms with E-state index in [9.17, 15) is 22.8 Å². The van der Waals surface area contributed by atoms with Crippen molar-refractivity contribution < 1.29 is 32.2 Å². The molecule has 0 fully saturated rings. The summed E-state index contributed by atoms with van der Waals surface area (Å²) in [6.45, 7) is 1.31. The lowest BCUT2D eigenvalue weighted by Crippen LogP contribution is -2.41. The van der Waals surface area contributed by atoms with E-state index in [0.29, 0.717) is 22.1 Å². The van der Waals surface area contributed by atoms with Gasteiger partial charge >= 0.3 is 12.1 Å². The van der Waals surface area contributed by atoms with Gasteiger partial charge in [0.1, 0.15) is 11.5 Å². The number of rotatable bonds is 6. The summed E-state index contributed by atoms with van der Waals surface area (Å²) >= 11 is 6.75. The number of carbonyl (C=O) groups excluding carboxylic acids is 1. The lowest BCUT2D eigenvalue weighted by Gasteiger charge is -2.26. The minimum absolute atomic E-state index is 0.0906. The second kappa shape index (κ2) is 10.4. The highest BCUT2D eigenvalue weighted by molar-refractivity contribution is 7.07. The highest BCUT2D eigenvalue weighted by Gasteiger charge is 2.45. The third-order valence-corrected chi connectivity index (χ3v) is 6.74. The van der Waals surface area contributed by atoms with Gasteiger partial charge in [-0.05, 0) is 42.8 Å². The molecule has 12 heteroatoms. The largest absolute Gasteiger partial charge is 0.497 e. The second-order valence-corrected chi connectivity index (χ2v) is 9.17. The molecule has 1 atom stereocenters. The Hall–Kier alpha value is -3.57. The monoisotopic (exact) mass is 552 g/mol. The maximum atomic E-state index is 14.2. The number of alkyl halides is 3. The molecule has 0 aliphatic carbocycles. The first-order valence-electron chi connectivity index (χ1n) is 10.9. The number of esters is 1. The molecule has 0 N–H and O–H groups in total. The summed E-state index contributed by atoms with van der Waals surface area (Å²) < 4.78 is 59.2. The van der Waals surface area contributed by atoms with E-state index in [0.717, 1.165) is 15.9 Å². The van der Waals surface area contributed by atoms with Crippen molar-refractivity contribution in [2.45, 2.75) is 19.1 Å². The summed E-state index contributed by atoms with van der Waals surface area (Å²) in [7, 11) is 2.93. The Kier molecular flexibility index (Phi) is 7.47. The number of nitrogens with zero attached hydrogens (tertiary/aromatic N) is 2. The molecule has 0 saturated carbocycles. The van der Waals surface area contributed by atoms with Crippen molar-refractivity contribution in [2.24, 2.45) is 4.99 Å². The SMILES string of the molecule is CCOC(=O)C1=C(C(F)(F)F)N=c2s/c(=C\c3ccc(OC)cc3OC)c(=O)n2[C@@H]1c1ccc(Cl)cc1. The van der Waals surface area contributed by atoms with Crippen molar-refractivity contribution in [3.05, 3.63) is 89.6 Å². The molecular formula is C25H20ClF3N2O5S. The summed E-state index contributed by atoms with van der Waals surface area (Å²) in [6, 6.07) is 9.31. The average Bonchev–Trinajstić information content (AvgIpc) is 3.18. The van der Waals surface area contributed by atoms with Gasteiger partial charge in [-0.3, -0.25) is 9.36 Å². The number of fused-ring (bicyclic) bond motifs is 1. The van der Waals surface area contributed by atoms with E-state index in [-0.39, 0.29) is 21.5 Å². The first kappa shape index (κ1) is 26.5. The van der Waals surface area contributed by atoms with Crippen molar-refractivity contribution in [3.63, 3.8) is 0 Å². The van der Waals surface area contributed by atoms with Crippen molar-refractivity contribution in [2.75, 3.05) is 20.8 Å². The number of methoxy groups -OCH3 is 2. The predicted octanol–water partition coefficient (Wildman–Crippen LogP) is 4.01. The molecule has 0 unspecified atom stereocenters. The molecule has 1 aliphatic rings. The number of aromatic nitrogens is 1. The topological polar surface area (TPSA) is 79.1 Å². The molecule has 194 valence electrons. The van der Waals surface area contributed by atoms with Crippen LogP contribution in [0.15, 0.2) is 63.5 Å². The zero-order valence-corrected chi connectivity index (χ0v) is 21.3. The zero-order chi connectivity index (χ0) is 26.9. The van der Waals surface area contributed by atoms with Gasteiger partial charge in [0.2, 0.25) is 0 Å². The van der Waals surface area contributed by atoms with Crippen LogP contribution >= 0.6 is 22.9 Å². The van der Waals surface area contributed by atoms with E-state index >= 15 is 0 Å². The summed E-state index contributed by atoms with van der Waals surface area (Å²) in [5, 5.41) is 0.334. The van der Waals surface area contributed by atoms with E-state index in [1.165, 1.54) is 51.5 Å². The van der Waals surface area contributed by atoms with E-state index in [2.05, 4.69) is 4.99 Å². The summed E-state index contributed by atoms with van der Waals surface area (Å²) in [4.78, 5) is 30.0. The molecule has 1 aliphatic heterocycles. The number of ether oxygens (including phenoxy) is 3. The lowest BCUT2D eigenvalue weighted by molar-refractivity contribution is -0.140. The fraction of sp³-hybridized carbons (Fsp3) is 0.240. The fourth-order valence-corrected chi connectivity index (χ4v) is 5.00. The average molecular weight is 553 g/mol. The Morgan fingerprint density at radius 3 is 2.46 bits per heavy atom. The molecule has 0 bridgehead atoms. The highest BCUT2D eigenvalue weighted by atomic mass is 35.5. The van der Waals surface area contributed by atoms with Gasteiger partial charge in [-0.25, -0.2) is 9.79 Å². The minimum Gasteiger partial charge on any atom is -0.497 e. The third kappa shape index (κ3) is 5.14. The molecule has 2 aromatic carbocycles. The molecule has 0 radical (unpaired) electrons. The molecule has 2 heterocycles. The van der Waals surface area contributed by atoms with Gasteiger partial charge in [0.05, 0.1) is 37.0 Å². The van der Waals surface area contributed by atoms with Crippen molar-refractivity contribution in [1.82, 2.24) is 4.57 Å². The number of halogens is 4. The zero-order valence-electron chi connectivity index (χ0n) is 19.8. The van der Waals surface area contributed by atoms with Crippen LogP contribution in [0.5, 0.6) is 11.5 Å². The number of thiazole rings is 1. The van der Waals surface area contributed by atoms with Crippen molar-refractivity contribution in [3.8, 4) is 11.5 Å². The summed E-state index contributed by atoms with van der Waals surface area (Å²) in [5.41, 5.74) is -2.10. The third-order valence-electron chi connectivity index (χ3n) is 5.51. The molecule has 3 aromatic rings. The van der Waals surface area contributed by atoms with E-state index in [1.54, 1.807) is 18.2 Å². The first-order chi connectivity index (χ1) is 17.6. The van der Waals surface area contributed by atoms with Crippen LogP contribution in [-0.2, 0) is 9.53 Å². The van der Waals surface area contributed by atoms with Gasteiger partial charge < -0.3 is 14.2 Å². The smallest absolute Gasteiger partial charge is 0.434 e. The minimum atomic E-state index is -4.98. The standard InChI is InChI=1S/C25H20ClF3N2O5S/c1-4-36-23(33)19-20(13-5-8-15(26)9-6-13)31-22(32)18(37-24(31)30-21(19)25(27,28)29)11-14-7-10-16(34-2)12-17(14)35-3/h5-12,20H,4H2,1-3H3/b18-11-/t20-/m1/s1. The first-order valence-corrected chi connectivity index (χ1v) is 12.1. The van der Waals surface area contributed by atoms with Crippen LogP contribution in [-0.4, -0.2) is 37.5 Å². The Morgan fingerprint density at radius 2 is 1.86 bits per heavy atom. The Morgan fingerprint density at radius 1 is 1.16 bits per heavy atom. The van der Waals surface area contributed by atoms with Gasteiger partial charge in [0, 0.05) is 16.7 Å². The maximum absolute atomic E-state index is 14.2. The molecule has 1 aromatic heterocycles. The van der Waals surface area contributed by atoms with Crippen molar-refractivity contribution >= 4 is 35.0 Å². The summed E-state index contributed by atoms with van der Waals surface area (Å²) in [6.07, 6.45) is -3.50. The van der Waals surface area contributed by atoms with Crippen molar-refractivity contribution in [1.29, 1.82) is 0 Å². The number of hydrogen-bond acceptors (Lipinski definition) is 7. The Labute approximate surface area is 217 Å². The molecular weight excluding hydrogens is 533 g/mol. The van der Waals surface area contributed by atoms with E-state index in [1.807, 2.05) is 0 Å². The molecule has 0 amide bonds. The van der Waals surface area contributed by atoms with Crippen LogP contribution in [0, 0.1) is 0 Å². The van der Waals surface area contributed by atoms with Crippen LogP contribution in [0.4, 0.5) is 13.2 Å². The number of benzene rings is 2. The molecule has 37 heavy (non-hydrogen) atoms. The van der Waals surface area contributed by atoms with E-state index < -0.39 is 35.0 Å². The van der Waals surface area contributed by atoms with Crippen LogP contribution in [0.1, 0.15) is 24.1 Å². The lowest BCUT2D eigenvalue weighted by atomic mass is 9.95. The number of hydrogen-bond donors (Lipinski definition) is 0. The van der Waals surface area contributed by atoms with Crippen LogP contribution < -0.4 is 24.4 Å². The highest BCUT2D eigenvalue weighted by Crippen LogP contribution is 2.38. The molecule has 0 saturated heterocycles. The number of carbonyl (C=O) groups is 1. The molecule has 7 nitrogen and oxygen atoms in total.